The fraction of sp³-hybridized carbons (Fsp3) is 0.458. The van der Waals surface area contributed by atoms with Gasteiger partial charge in [0.2, 0.25) is 0 Å². The van der Waals surface area contributed by atoms with Crippen LogP contribution in [-0.4, -0.2) is 16.1 Å². The van der Waals surface area contributed by atoms with Crippen molar-refractivity contribution in [2.24, 2.45) is 5.92 Å². The number of unbranched alkanes of at least 4 members (excludes halogenated alkanes) is 2. The van der Waals surface area contributed by atoms with Crippen LogP contribution in [0, 0.1) is 5.92 Å². The van der Waals surface area contributed by atoms with Crippen molar-refractivity contribution in [1.29, 1.82) is 0 Å². The maximum absolute atomic E-state index is 10.8. The zero-order valence-electron chi connectivity index (χ0n) is 16.6. The van der Waals surface area contributed by atoms with Crippen LogP contribution in [0.15, 0.2) is 46.2 Å². The number of aromatic hydroxyl groups is 2. The van der Waals surface area contributed by atoms with E-state index in [1.807, 2.05) is 6.07 Å². The first-order chi connectivity index (χ1) is 13.0. The van der Waals surface area contributed by atoms with E-state index in [0.29, 0.717) is 5.92 Å². The minimum Gasteiger partial charge on any atom is -0.508 e. The molecule has 0 amide bonds. The molecular formula is C24H32O2S. The normalized spacial score (nSPS) is 24.7. The van der Waals surface area contributed by atoms with Gasteiger partial charge in [0.15, 0.2) is 0 Å². The van der Waals surface area contributed by atoms with Gasteiger partial charge in [0.25, 0.3) is 0 Å². The molecule has 2 aliphatic rings. The smallest absolute Gasteiger partial charge is 0.123 e. The third-order valence-electron chi connectivity index (χ3n) is 5.82. The van der Waals surface area contributed by atoms with Crippen molar-refractivity contribution in [3.05, 3.63) is 57.4 Å². The molecule has 2 nitrogen and oxygen atoms in total. The molecule has 0 aromatic heterocycles. The van der Waals surface area contributed by atoms with Crippen LogP contribution in [0.4, 0.5) is 0 Å². The lowest BCUT2D eigenvalue weighted by Gasteiger charge is -2.32. The van der Waals surface area contributed by atoms with Crippen molar-refractivity contribution < 1.29 is 10.2 Å². The van der Waals surface area contributed by atoms with Crippen LogP contribution in [-0.2, 0) is 6.42 Å². The number of aryl methyl sites for hydroxylation is 1. The fourth-order valence-corrected chi connectivity index (χ4v) is 5.48. The maximum Gasteiger partial charge on any atom is 0.123 e. The highest BCUT2D eigenvalue weighted by atomic mass is 32.2. The molecule has 1 heterocycles. The summed E-state index contributed by atoms with van der Waals surface area (Å²) in [4.78, 5) is 1.42. The van der Waals surface area contributed by atoms with E-state index in [0.717, 1.165) is 49.7 Å². The fourth-order valence-electron chi connectivity index (χ4n) is 4.35. The van der Waals surface area contributed by atoms with E-state index in [1.54, 1.807) is 0 Å². The Morgan fingerprint density at radius 3 is 2.74 bits per heavy atom. The summed E-state index contributed by atoms with van der Waals surface area (Å²) in [5, 5.41) is 23.0. The first kappa shape index (κ1) is 20.0. The molecule has 0 saturated heterocycles. The van der Waals surface area contributed by atoms with Gasteiger partial charge in [-0.2, -0.15) is 0 Å². The molecule has 2 N–H and O–H groups in total. The third kappa shape index (κ3) is 4.76. The molecule has 0 spiro atoms. The number of benzene rings is 1. The summed E-state index contributed by atoms with van der Waals surface area (Å²) >= 11 is 0. The standard InChI is InChI=1S/C24H32O2S/c1-4-5-6-8-19-14-20(25)16-23(26)24(19)22-13-17(2)10-11-18(22)15-21-9-7-12-27(21)3/h7,9,12-14,16,18,22,25-26H,3-6,8,10-11,15H2,1-2H3/t18-,22+,27?/m1/s1. The van der Waals surface area contributed by atoms with Crippen LogP contribution < -0.4 is 0 Å². The van der Waals surface area contributed by atoms with E-state index < -0.39 is 0 Å². The number of allylic oxidation sites excluding steroid dienone is 5. The average Bonchev–Trinajstić information content (AvgIpc) is 3.01. The lowest BCUT2D eigenvalue weighted by Crippen LogP contribution is -2.18. The Morgan fingerprint density at radius 2 is 2.04 bits per heavy atom. The van der Waals surface area contributed by atoms with E-state index in [9.17, 15) is 10.2 Å². The molecule has 1 aromatic carbocycles. The van der Waals surface area contributed by atoms with Crippen molar-refractivity contribution in [3.63, 3.8) is 0 Å². The Morgan fingerprint density at radius 1 is 1.22 bits per heavy atom. The van der Waals surface area contributed by atoms with Gasteiger partial charge in [-0.15, -0.1) is 10.5 Å². The van der Waals surface area contributed by atoms with E-state index in [-0.39, 0.29) is 27.9 Å². The molecular weight excluding hydrogens is 352 g/mol. The van der Waals surface area contributed by atoms with Gasteiger partial charge in [0.05, 0.1) is 0 Å². The molecule has 1 aliphatic heterocycles. The Labute approximate surface area is 166 Å². The molecule has 0 bridgehead atoms. The summed E-state index contributed by atoms with van der Waals surface area (Å²) in [6.45, 7) is 4.39. The monoisotopic (exact) mass is 384 g/mol. The summed E-state index contributed by atoms with van der Waals surface area (Å²) in [5.74, 6) is 5.35. The largest absolute Gasteiger partial charge is 0.508 e. The number of hydrogen-bond donors (Lipinski definition) is 2. The van der Waals surface area contributed by atoms with Gasteiger partial charge in [-0.3, -0.25) is 0 Å². The van der Waals surface area contributed by atoms with E-state index in [4.69, 9.17) is 0 Å². The molecule has 27 heavy (non-hydrogen) atoms. The van der Waals surface area contributed by atoms with Crippen LogP contribution in [0.1, 0.15) is 69.4 Å². The van der Waals surface area contributed by atoms with E-state index in [1.165, 1.54) is 23.0 Å². The van der Waals surface area contributed by atoms with Gasteiger partial charge < -0.3 is 10.2 Å². The quantitative estimate of drug-likeness (QED) is 0.309. The molecule has 1 aromatic rings. The molecule has 1 unspecified atom stereocenters. The number of rotatable bonds is 7. The van der Waals surface area contributed by atoms with Crippen LogP contribution in [0.25, 0.3) is 0 Å². The second kappa shape index (κ2) is 8.97. The molecule has 0 radical (unpaired) electrons. The van der Waals surface area contributed by atoms with Crippen molar-refractivity contribution in [1.82, 2.24) is 0 Å². The van der Waals surface area contributed by atoms with Crippen molar-refractivity contribution in [3.8, 4) is 11.5 Å². The molecule has 146 valence electrons. The SMILES string of the molecule is C=S1C=CC=C1C[C@H]1CCC(C)=C[C@@H]1c1c(O)cc(O)cc1CCCCC. The number of hydrogen-bond acceptors (Lipinski definition) is 2. The van der Waals surface area contributed by atoms with Crippen molar-refractivity contribution >= 4 is 16.4 Å². The zero-order chi connectivity index (χ0) is 19.4. The second-order valence-electron chi connectivity index (χ2n) is 7.93. The van der Waals surface area contributed by atoms with Crippen LogP contribution in [0.5, 0.6) is 11.5 Å². The minimum absolute atomic E-state index is 0.00548. The van der Waals surface area contributed by atoms with Gasteiger partial charge in [-0.25, -0.2) is 0 Å². The average molecular weight is 385 g/mol. The topological polar surface area (TPSA) is 40.5 Å². The lowest BCUT2D eigenvalue weighted by atomic mass is 9.73. The van der Waals surface area contributed by atoms with Gasteiger partial charge in [0.1, 0.15) is 11.5 Å². The number of phenolic OH excluding ortho intramolecular Hbond substituents is 2. The Balaban J connectivity index is 1.94. The highest BCUT2D eigenvalue weighted by Gasteiger charge is 2.30. The van der Waals surface area contributed by atoms with Crippen molar-refractivity contribution in [2.45, 2.75) is 64.7 Å². The Kier molecular flexibility index (Phi) is 6.64. The van der Waals surface area contributed by atoms with Crippen LogP contribution in [0.2, 0.25) is 0 Å². The highest BCUT2D eigenvalue weighted by Crippen LogP contribution is 2.47. The summed E-state index contributed by atoms with van der Waals surface area (Å²) in [5.41, 5.74) is 3.54. The molecule has 0 saturated carbocycles. The van der Waals surface area contributed by atoms with Crippen LogP contribution in [0.3, 0.4) is 0 Å². The lowest BCUT2D eigenvalue weighted by molar-refractivity contribution is 0.396. The molecule has 1 aliphatic carbocycles. The summed E-state index contributed by atoms with van der Waals surface area (Å²) < 4.78 is 0. The Bertz CT molecular complexity index is 801. The predicted molar refractivity (Wildman–Crippen MR) is 119 cm³/mol. The van der Waals surface area contributed by atoms with Crippen molar-refractivity contribution in [2.75, 3.05) is 0 Å². The second-order valence-corrected chi connectivity index (χ2v) is 9.58. The summed E-state index contributed by atoms with van der Waals surface area (Å²) in [6.07, 6.45) is 14.3. The van der Waals surface area contributed by atoms with E-state index >= 15 is 0 Å². The van der Waals surface area contributed by atoms with Crippen LogP contribution >= 0.6 is 10.5 Å². The first-order valence-electron chi connectivity index (χ1n) is 10.1. The first-order valence-corrected chi connectivity index (χ1v) is 11.6. The third-order valence-corrected chi connectivity index (χ3v) is 7.28. The zero-order valence-corrected chi connectivity index (χ0v) is 17.4. The molecule has 3 atom stereocenters. The summed E-state index contributed by atoms with van der Waals surface area (Å²) in [7, 11) is -0.00548. The minimum atomic E-state index is -0.00548. The van der Waals surface area contributed by atoms with Gasteiger partial charge in [0, 0.05) is 17.5 Å². The van der Waals surface area contributed by atoms with Gasteiger partial charge in [-0.1, -0.05) is 49.4 Å². The summed E-state index contributed by atoms with van der Waals surface area (Å²) in [6, 6.07) is 3.37. The maximum atomic E-state index is 10.8. The Hall–Kier alpha value is -1.74. The van der Waals surface area contributed by atoms with Gasteiger partial charge in [-0.05, 0) is 66.9 Å². The van der Waals surface area contributed by atoms with Gasteiger partial charge >= 0.3 is 0 Å². The molecule has 3 heteroatoms. The number of phenols is 2. The van der Waals surface area contributed by atoms with E-state index in [2.05, 4.69) is 43.4 Å². The molecule has 3 rings (SSSR count). The molecule has 0 fully saturated rings. The highest BCUT2D eigenvalue weighted by molar-refractivity contribution is 8.20. The predicted octanol–water partition coefficient (Wildman–Crippen LogP) is 6.77.